The van der Waals surface area contributed by atoms with E-state index in [0.717, 1.165) is 12.8 Å². The summed E-state index contributed by atoms with van der Waals surface area (Å²) >= 11 is 0. The van der Waals surface area contributed by atoms with Crippen molar-refractivity contribution in [3.63, 3.8) is 0 Å². The number of rotatable bonds is 4. The summed E-state index contributed by atoms with van der Waals surface area (Å²) < 4.78 is 16.6. The third-order valence-corrected chi connectivity index (χ3v) is 3.14. The second kappa shape index (κ2) is 5.56. The van der Waals surface area contributed by atoms with Gasteiger partial charge in [-0.3, -0.25) is 0 Å². The third-order valence-electron chi connectivity index (χ3n) is 3.14. The van der Waals surface area contributed by atoms with Crippen molar-refractivity contribution >= 4 is 0 Å². The standard InChI is InChI=1S/C13H23N3O3/c1-8-5-10(6-9(2)18-8)17-7-11-15-12(16-19-11)13(3,4)14/h8-10H,5-7,14H2,1-4H3. The number of nitrogens with zero attached hydrogens (tertiary/aromatic N) is 2. The van der Waals surface area contributed by atoms with Gasteiger partial charge in [0.05, 0.1) is 23.9 Å². The molecule has 0 amide bonds. The molecule has 1 aromatic rings. The molecule has 2 atom stereocenters. The van der Waals surface area contributed by atoms with Crippen LogP contribution in [0.2, 0.25) is 0 Å². The van der Waals surface area contributed by atoms with Gasteiger partial charge in [-0.2, -0.15) is 4.98 Å². The van der Waals surface area contributed by atoms with Gasteiger partial charge in [-0.15, -0.1) is 0 Å². The Kier molecular flexibility index (Phi) is 4.23. The van der Waals surface area contributed by atoms with Crippen molar-refractivity contribution in [2.45, 2.75) is 71.0 Å². The van der Waals surface area contributed by atoms with Crippen molar-refractivity contribution in [3.8, 4) is 0 Å². The van der Waals surface area contributed by atoms with E-state index < -0.39 is 5.54 Å². The van der Waals surface area contributed by atoms with Gasteiger partial charge >= 0.3 is 0 Å². The van der Waals surface area contributed by atoms with Gasteiger partial charge in [0.15, 0.2) is 5.82 Å². The highest BCUT2D eigenvalue weighted by Gasteiger charge is 2.26. The van der Waals surface area contributed by atoms with Crippen LogP contribution >= 0.6 is 0 Å². The molecule has 6 nitrogen and oxygen atoms in total. The minimum absolute atomic E-state index is 0.181. The number of nitrogens with two attached hydrogens (primary N) is 1. The second-order valence-corrected chi connectivity index (χ2v) is 5.90. The first-order valence-electron chi connectivity index (χ1n) is 6.73. The topological polar surface area (TPSA) is 83.4 Å². The molecule has 2 N–H and O–H groups in total. The SMILES string of the molecule is CC1CC(OCc2nc(C(C)(C)N)no2)CC(C)O1. The van der Waals surface area contributed by atoms with Crippen LogP contribution in [0.5, 0.6) is 0 Å². The fourth-order valence-electron chi connectivity index (χ4n) is 2.24. The Labute approximate surface area is 113 Å². The van der Waals surface area contributed by atoms with E-state index in [1.165, 1.54) is 0 Å². The summed E-state index contributed by atoms with van der Waals surface area (Å²) in [5.41, 5.74) is 5.31. The van der Waals surface area contributed by atoms with Crippen LogP contribution in [0.15, 0.2) is 4.52 Å². The van der Waals surface area contributed by atoms with Crippen molar-refractivity contribution in [3.05, 3.63) is 11.7 Å². The molecule has 6 heteroatoms. The zero-order valence-electron chi connectivity index (χ0n) is 12.0. The van der Waals surface area contributed by atoms with Gasteiger partial charge in [-0.05, 0) is 40.5 Å². The molecule has 0 radical (unpaired) electrons. The minimum Gasteiger partial charge on any atom is -0.375 e. The molecule has 2 unspecified atom stereocenters. The quantitative estimate of drug-likeness (QED) is 0.896. The molecule has 0 bridgehead atoms. The molecule has 0 saturated carbocycles. The van der Waals surface area contributed by atoms with Gasteiger partial charge in [0.25, 0.3) is 5.89 Å². The minimum atomic E-state index is -0.594. The number of aromatic nitrogens is 2. The zero-order valence-corrected chi connectivity index (χ0v) is 12.0. The fraction of sp³-hybridized carbons (Fsp3) is 0.846. The number of ether oxygens (including phenoxy) is 2. The average molecular weight is 269 g/mol. The van der Waals surface area contributed by atoms with Crippen molar-refractivity contribution in [2.75, 3.05) is 0 Å². The van der Waals surface area contributed by atoms with E-state index in [2.05, 4.69) is 24.0 Å². The number of hydrogen-bond acceptors (Lipinski definition) is 6. The molecule has 2 rings (SSSR count). The van der Waals surface area contributed by atoms with Crippen LogP contribution in [0.4, 0.5) is 0 Å². The Morgan fingerprint density at radius 2 is 1.95 bits per heavy atom. The first kappa shape index (κ1) is 14.4. The molecular weight excluding hydrogens is 246 g/mol. The van der Waals surface area contributed by atoms with Crippen LogP contribution in [0.3, 0.4) is 0 Å². The van der Waals surface area contributed by atoms with E-state index in [0.29, 0.717) is 18.3 Å². The summed E-state index contributed by atoms with van der Waals surface area (Å²) in [4.78, 5) is 4.24. The summed E-state index contributed by atoms with van der Waals surface area (Å²) in [6.07, 6.45) is 2.44. The van der Waals surface area contributed by atoms with Gasteiger partial charge in [-0.1, -0.05) is 5.16 Å². The van der Waals surface area contributed by atoms with E-state index >= 15 is 0 Å². The van der Waals surface area contributed by atoms with Crippen LogP contribution in [0, 0.1) is 0 Å². The first-order valence-corrected chi connectivity index (χ1v) is 6.73. The summed E-state index contributed by atoms with van der Waals surface area (Å²) in [5, 5.41) is 3.87. The van der Waals surface area contributed by atoms with E-state index in [9.17, 15) is 0 Å². The predicted molar refractivity (Wildman–Crippen MR) is 69.3 cm³/mol. The monoisotopic (exact) mass is 269 g/mol. The lowest BCUT2D eigenvalue weighted by atomic mass is 10.0. The maximum atomic E-state index is 5.90. The van der Waals surface area contributed by atoms with Crippen LogP contribution in [0.1, 0.15) is 52.3 Å². The van der Waals surface area contributed by atoms with Crippen molar-refractivity contribution in [1.82, 2.24) is 10.1 Å². The normalized spacial score (nSPS) is 28.6. The van der Waals surface area contributed by atoms with Crippen molar-refractivity contribution < 1.29 is 14.0 Å². The lowest BCUT2D eigenvalue weighted by molar-refractivity contribution is -0.109. The predicted octanol–water partition coefficient (Wildman–Crippen LogP) is 1.74. The maximum absolute atomic E-state index is 5.90. The van der Waals surface area contributed by atoms with E-state index in [4.69, 9.17) is 19.7 Å². The summed E-state index contributed by atoms with van der Waals surface area (Å²) in [6.45, 7) is 8.13. The fourth-order valence-corrected chi connectivity index (χ4v) is 2.24. The highest BCUT2D eigenvalue weighted by Crippen LogP contribution is 2.22. The second-order valence-electron chi connectivity index (χ2n) is 5.90. The lowest BCUT2D eigenvalue weighted by Crippen LogP contribution is -2.34. The Morgan fingerprint density at radius 1 is 1.32 bits per heavy atom. The number of hydrogen-bond donors (Lipinski definition) is 1. The molecule has 1 aromatic heterocycles. The van der Waals surface area contributed by atoms with E-state index in [1.807, 2.05) is 13.8 Å². The average Bonchev–Trinajstić information content (AvgIpc) is 2.73. The molecule has 1 fully saturated rings. The first-order chi connectivity index (χ1) is 8.84. The largest absolute Gasteiger partial charge is 0.375 e. The zero-order chi connectivity index (χ0) is 14.0. The summed E-state index contributed by atoms with van der Waals surface area (Å²) in [6, 6.07) is 0. The molecule has 2 heterocycles. The highest BCUT2D eigenvalue weighted by atomic mass is 16.5. The Bertz CT molecular complexity index is 404. The van der Waals surface area contributed by atoms with E-state index in [1.54, 1.807) is 0 Å². The van der Waals surface area contributed by atoms with Gasteiger partial charge in [0, 0.05) is 0 Å². The summed E-state index contributed by atoms with van der Waals surface area (Å²) in [7, 11) is 0. The van der Waals surface area contributed by atoms with Gasteiger partial charge < -0.3 is 19.7 Å². The van der Waals surface area contributed by atoms with Gasteiger partial charge in [0.1, 0.15) is 6.61 Å². The highest BCUT2D eigenvalue weighted by molar-refractivity contribution is 4.98. The molecular formula is C13H23N3O3. The van der Waals surface area contributed by atoms with Gasteiger partial charge in [-0.25, -0.2) is 0 Å². The lowest BCUT2D eigenvalue weighted by Gasteiger charge is -2.31. The Balaban J connectivity index is 1.87. The van der Waals surface area contributed by atoms with Crippen molar-refractivity contribution in [2.24, 2.45) is 5.73 Å². The molecule has 108 valence electrons. The summed E-state index contributed by atoms with van der Waals surface area (Å²) in [5.74, 6) is 0.972. The third kappa shape index (κ3) is 3.99. The van der Waals surface area contributed by atoms with Crippen LogP contribution < -0.4 is 5.73 Å². The van der Waals surface area contributed by atoms with Crippen LogP contribution in [-0.4, -0.2) is 28.5 Å². The Morgan fingerprint density at radius 3 is 2.47 bits per heavy atom. The molecule has 1 aliphatic rings. The molecule has 19 heavy (non-hydrogen) atoms. The van der Waals surface area contributed by atoms with E-state index in [-0.39, 0.29) is 18.3 Å². The van der Waals surface area contributed by atoms with Crippen LogP contribution in [-0.2, 0) is 21.6 Å². The Hall–Kier alpha value is -0.980. The molecule has 1 aliphatic heterocycles. The van der Waals surface area contributed by atoms with Crippen LogP contribution in [0.25, 0.3) is 0 Å². The molecule has 0 spiro atoms. The maximum Gasteiger partial charge on any atom is 0.252 e. The molecule has 0 aromatic carbocycles. The molecule has 1 saturated heterocycles. The van der Waals surface area contributed by atoms with Gasteiger partial charge in [0.2, 0.25) is 0 Å². The molecule has 0 aliphatic carbocycles. The van der Waals surface area contributed by atoms with Crippen molar-refractivity contribution in [1.29, 1.82) is 0 Å². The smallest absolute Gasteiger partial charge is 0.252 e.